The molecule has 0 aliphatic carbocycles. The van der Waals surface area contributed by atoms with Crippen molar-refractivity contribution in [2.45, 2.75) is 27.3 Å². The molecule has 0 saturated carbocycles. The largest absolute Gasteiger partial charge is 0.453 e. The third-order valence-electron chi connectivity index (χ3n) is 5.32. The monoisotopic (exact) mass is 467 g/mol. The van der Waals surface area contributed by atoms with Gasteiger partial charge in [0.25, 0.3) is 0 Å². The Kier molecular flexibility index (Phi) is 6.04. The molecule has 0 amide bonds. The van der Waals surface area contributed by atoms with Crippen LogP contribution in [-0.2, 0) is 11.3 Å². The highest BCUT2D eigenvalue weighted by molar-refractivity contribution is 7.20. The number of halogens is 1. The van der Waals surface area contributed by atoms with Crippen molar-refractivity contribution < 1.29 is 14.3 Å². The van der Waals surface area contributed by atoms with E-state index in [2.05, 4.69) is 11.7 Å². The van der Waals surface area contributed by atoms with E-state index in [0.29, 0.717) is 22.0 Å². The maximum Gasteiger partial charge on any atom is 0.348 e. The molecule has 0 spiro atoms. The SMILES string of the molecule is C=CCn1c(C)cc(C(=O)COC(=O)c2cc3c(C)nn(-c4cccc(Cl)c4)c3s2)c1C. The smallest absolute Gasteiger partial charge is 0.348 e. The van der Waals surface area contributed by atoms with Gasteiger partial charge in [-0.2, -0.15) is 5.10 Å². The molecule has 4 aromatic rings. The highest BCUT2D eigenvalue weighted by atomic mass is 35.5. The minimum absolute atomic E-state index is 0.232. The molecule has 3 heterocycles. The number of carbonyl (C=O) groups is 2. The van der Waals surface area contributed by atoms with Gasteiger partial charge >= 0.3 is 5.97 Å². The number of ketones is 1. The molecule has 0 saturated heterocycles. The van der Waals surface area contributed by atoms with Crippen LogP contribution < -0.4 is 0 Å². The maximum absolute atomic E-state index is 12.7. The number of carbonyl (C=O) groups excluding carboxylic acids is 2. The summed E-state index contributed by atoms with van der Waals surface area (Å²) in [5.74, 6) is -0.763. The van der Waals surface area contributed by atoms with E-state index in [-0.39, 0.29) is 12.4 Å². The van der Waals surface area contributed by atoms with Gasteiger partial charge in [-0.3, -0.25) is 4.79 Å². The van der Waals surface area contributed by atoms with Gasteiger partial charge in [0.2, 0.25) is 5.78 Å². The molecular formula is C24H22ClN3O3S. The highest BCUT2D eigenvalue weighted by Gasteiger charge is 2.21. The summed E-state index contributed by atoms with van der Waals surface area (Å²) in [4.78, 5) is 26.6. The van der Waals surface area contributed by atoms with Crippen LogP contribution in [0.15, 0.2) is 49.1 Å². The van der Waals surface area contributed by atoms with Crippen LogP contribution in [0.5, 0.6) is 0 Å². The molecule has 0 radical (unpaired) electrons. The number of Topliss-reactive ketones (excluding diaryl/α,β-unsaturated/α-hetero) is 1. The predicted molar refractivity (Wildman–Crippen MR) is 127 cm³/mol. The number of benzene rings is 1. The number of allylic oxidation sites excluding steroid dienone is 1. The van der Waals surface area contributed by atoms with Crippen LogP contribution in [0.4, 0.5) is 0 Å². The number of hydrogen-bond acceptors (Lipinski definition) is 5. The minimum Gasteiger partial charge on any atom is -0.453 e. The van der Waals surface area contributed by atoms with Crippen LogP contribution in [-0.4, -0.2) is 32.7 Å². The fraction of sp³-hybridized carbons (Fsp3) is 0.208. The van der Waals surface area contributed by atoms with E-state index in [1.807, 2.05) is 49.6 Å². The van der Waals surface area contributed by atoms with Gasteiger partial charge in [0.1, 0.15) is 9.71 Å². The molecule has 0 bridgehead atoms. The Morgan fingerprint density at radius 2 is 2.00 bits per heavy atom. The lowest BCUT2D eigenvalue weighted by Gasteiger charge is -2.06. The van der Waals surface area contributed by atoms with Gasteiger partial charge in [-0.25, -0.2) is 9.48 Å². The van der Waals surface area contributed by atoms with Gasteiger partial charge in [0.15, 0.2) is 6.61 Å². The molecule has 6 nitrogen and oxygen atoms in total. The van der Waals surface area contributed by atoms with Crippen molar-refractivity contribution >= 4 is 44.9 Å². The fourth-order valence-electron chi connectivity index (χ4n) is 3.70. The predicted octanol–water partition coefficient (Wildman–Crippen LogP) is 5.69. The zero-order valence-corrected chi connectivity index (χ0v) is 19.6. The molecule has 0 atom stereocenters. The normalized spacial score (nSPS) is 11.1. The summed E-state index contributed by atoms with van der Waals surface area (Å²) in [7, 11) is 0. The Labute approximate surface area is 194 Å². The van der Waals surface area contributed by atoms with E-state index in [9.17, 15) is 9.59 Å². The molecule has 1 aromatic carbocycles. The lowest BCUT2D eigenvalue weighted by atomic mass is 10.1. The Hall–Kier alpha value is -3.16. The van der Waals surface area contributed by atoms with E-state index >= 15 is 0 Å². The van der Waals surface area contributed by atoms with E-state index in [4.69, 9.17) is 16.3 Å². The van der Waals surface area contributed by atoms with Crippen molar-refractivity contribution in [2.75, 3.05) is 6.61 Å². The fourth-order valence-corrected chi connectivity index (χ4v) is 4.97. The number of hydrogen-bond donors (Lipinski definition) is 0. The van der Waals surface area contributed by atoms with E-state index < -0.39 is 5.97 Å². The first-order chi connectivity index (χ1) is 15.3. The number of nitrogens with zero attached hydrogens (tertiary/aromatic N) is 3. The molecule has 0 aliphatic heterocycles. The van der Waals surface area contributed by atoms with Crippen LogP contribution in [0, 0.1) is 20.8 Å². The number of fused-ring (bicyclic) bond motifs is 1. The third kappa shape index (κ3) is 4.01. The second-order valence-electron chi connectivity index (χ2n) is 7.49. The first-order valence-corrected chi connectivity index (χ1v) is 11.2. The lowest BCUT2D eigenvalue weighted by Crippen LogP contribution is -2.14. The van der Waals surface area contributed by atoms with Crippen molar-refractivity contribution in [1.82, 2.24) is 14.3 Å². The topological polar surface area (TPSA) is 66.1 Å². The van der Waals surface area contributed by atoms with Crippen molar-refractivity contribution in [1.29, 1.82) is 0 Å². The van der Waals surface area contributed by atoms with Crippen LogP contribution in [0.1, 0.15) is 37.1 Å². The van der Waals surface area contributed by atoms with E-state index in [1.54, 1.807) is 22.9 Å². The molecule has 0 N–H and O–H groups in total. The average molecular weight is 468 g/mol. The van der Waals surface area contributed by atoms with Crippen LogP contribution in [0.2, 0.25) is 5.02 Å². The number of aryl methyl sites for hydroxylation is 2. The molecule has 4 rings (SSSR count). The van der Waals surface area contributed by atoms with Crippen molar-refractivity contribution in [3.05, 3.63) is 81.6 Å². The summed E-state index contributed by atoms with van der Waals surface area (Å²) in [6, 6.07) is 10.9. The molecule has 0 fully saturated rings. The van der Waals surface area contributed by atoms with Gasteiger partial charge < -0.3 is 9.30 Å². The quantitative estimate of drug-likeness (QED) is 0.199. The molecule has 0 unspecified atom stereocenters. The van der Waals surface area contributed by atoms with Gasteiger partial charge in [-0.15, -0.1) is 17.9 Å². The van der Waals surface area contributed by atoms with E-state index in [1.165, 1.54) is 11.3 Å². The summed E-state index contributed by atoms with van der Waals surface area (Å²) in [6.07, 6.45) is 1.78. The molecule has 164 valence electrons. The minimum atomic E-state index is -0.531. The Bertz CT molecular complexity index is 1360. The summed E-state index contributed by atoms with van der Waals surface area (Å²) < 4.78 is 9.11. The molecular weight excluding hydrogens is 446 g/mol. The summed E-state index contributed by atoms with van der Waals surface area (Å²) in [6.45, 7) is 9.75. The number of ether oxygens (including phenoxy) is 1. The highest BCUT2D eigenvalue weighted by Crippen LogP contribution is 2.31. The molecule has 8 heteroatoms. The number of rotatable bonds is 7. The zero-order valence-electron chi connectivity index (χ0n) is 18.0. The van der Waals surface area contributed by atoms with Gasteiger partial charge in [0.05, 0.1) is 11.4 Å². The second kappa shape index (κ2) is 8.76. The van der Waals surface area contributed by atoms with Gasteiger partial charge in [0, 0.05) is 33.9 Å². The van der Waals surface area contributed by atoms with Gasteiger partial charge in [-0.1, -0.05) is 23.7 Å². The Morgan fingerprint density at radius 1 is 1.22 bits per heavy atom. The lowest BCUT2D eigenvalue weighted by molar-refractivity contribution is 0.0479. The van der Waals surface area contributed by atoms with Crippen molar-refractivity contribution in [2.24, 2.45) is 0 Å². The summed E-state index contributed by atoms with van der Waals surface area (Å²) >= 11 is 7.39. The Balaban J connectivity index is 1.54. The Morgan fingerprint density at radius 3 is 2.72 bits per heavy atom. The first-order valence-electron chi connectivity index (χ1n) is 10.0. The second-order valence-corrected chi connectivity index (χ2v) is 8.96. The number of aromatic nitrogens is 3. The maximum atomic E-state index is 12.7. The molecule has 0 aliphatic rings. The zero-order chi connectivity index (χ0) is 23.0. The van der Waals surface area contributed by atoms with Crippen LogP contribution >= 0.6 is 22.9 Å². The average Bonchev–Trinajstić information content (AvgIpc) is 3.41. The number of thiophene rings is 1. The van der Waals surface area contributed by atoms with Gasteiger partial charge in [-0.05, 0) is 51.1 Å². The summed E-state index contributed by atoms with van der Waals surface area (Å²) in [5.41, 5.74) is 3.95. The summed E-state index contributed by atoms with van der Waals surface area (Å²) in [5, 5.41) is 6.03. The van der Waals surface area contributed by atoms with Crippen LogP contribution in [0.25, 0.3) is 15.9 Å². The van der Waals surface area contributed by atoms with Crippen molar-refractivity contribution in [3.8, 4) is 5.69 Å². The molecule has 32 heavy (non-hydrogen) atoms. The van der Waals surface area contributed by atoms with Crippen LogP contribution in [0.3, 0.4) is 0 Å². The van der Waals surface area contributed by atoms with Crippen molar-refractivity contribution in [3.63, 3.8) is 0 Å². The number of esters is 1. The standard InChI is InChI=1S/C24H22ClN3O3S/c1-5-9-27-14(2)10-20(16(27)4)21(29)13-31-24(30)22-12-19-15(3)26-28(23(19)32-22)18-8-6-7-17(25)11-18/h5-8,10-12H,1,9,13H2,2-4H3. The van der Waals surface area contributed by atoms with E-state index in [0.717, 1.165) is 33.0 Å². The molecule has 3 aromatic heterocycles. The third-order valence-corrected chi connectivity index (χ3v) is 6.64. The first kappa shape index (κ1) is 22.0.